The van der Waals surface area contributed by atoms with Crippen molar-refractivity contribution in [1.29, 1.82) is 5.41 Å². The molecule has 0 spiro atoms. The number of nitrogens with one attached hydrogen (secondary N) is 1. The van der Waals surface area contributed by atoms with Crippen molar-refractivity contribution in [3.63, 3.8) is 0 Å². The van der Waals surface area contributed by atoms with Gasteiger partial charge in [0.1, 0.15) is 0 Å². The Hall–Kier alpha value is -6.78. The molecule has 2 heterocycles. The molecule has 1 N–H and O–H groups in total. The second-order valence-electron chi connectivity index (χ2n) is 12.3. The normalized spacial score (nSPS) is 11.9. The van der Waals surface area contributed by atoms with Crippen molar-refractivity contribution in [2.75, 3.05) is 0 Å². The molecule has 0 saturated carbocycles. The molecule has 2 aromatic heterocycles. The molecule has 0 atom stereocenters. The number of nitrogens with zero attached hydrogens (tertiary/aromatic N) is 3. The standard InChI is InChI=1S/C46H30N4/c47-39(40-24-11-12-27-48-40)23-10-7-18-32-28-50-41(29-49-32)33-25-26-38-44-34(33)21-13-22-37(44)45-42(30-14-3-1-4-15-30)35-19-8-9-20-36(35)43(46(38)45)31-16-5-2-6-17-31/h1-29,47H/b18-7+,23-10-,47-39?. The van der Waals surface area contributed by atoms with Gasteiger partial charge in [-0.3, -0.25) is 20.4 Å². The molecule has 0 unspecified atom stereocenters. The van der Waals surface area contributed by atoms with Crippen molar-refractivity contribution < 1.29 is 0 Å². The number of aromatic nitrogens is 3. The largest absolute Gasteiger partial charge is 0.299 e. The van der Waals surface area contributed by atoms with Crippen molar-refractivity contribution in [3.05, 3.63) is 182 Å². The highest BCUT2D eigenvalue weighted by molar-refractivity contribution is 6.28. The minimum Gasteiger partial charge on any atom is -0.299 e. The molecule has 1 aliphatic carbocycles. The summed E-state index contributed by atoms with van der Waals surface area (Å²) in [7, 11) is 0. The van der Waals surface area contributed by atoms with Gasteiger partial charge in [-0.15, -0.1) is 0 Å². The van der Waals surface area contributed by atoms with E-state index in [0.717, 1.165) is 22.3 Å². The molecule has 0 bridgehead atoms. The van der Waals surface area contributed by atoms with Gasteiger partial charge in [0.15, 0.2) is 0 Å². The van der Waals surface area contributed by atoms with Gasteiger partial charge >= 0.3 is 0 Å². The van der Waals surface area contributed by atoms with E-state index in [1.807, 2.05) is 42.6 Å². The molecule has 4 nitrogen and oxygen atoms in total. The van der Waals surface area contributed by atoms with Crippen LogP contribution < -0.4 is 0 Å². The molecule has 0 aliphatic heterocycles. The summed E-state index contributed by atoms with van der Waals surface area (Å²) in [5, 5.41) is 13.1. The van der Waals surface area contributed by atoms with Crippen LogP contribution in [0.3, 0.4) is 0 Å². The van der Waals surface area contributed by atoms with E-state index in [4.69, 9.17) is 15.4 Å². The minimum atomic E-state index is 0.353. The van der Waals surface area contributed by atoms with Gasteiger partial charge in [0, 0.05) is 11.8 Å². The highest BCUT2D eigenvalue weighted by atomic mass is 14.8. The number of pyridine rings is 1. The van der Waals surface area contributed by atoms with Crippen LogP contribution in [-0.4, -0.2) is 20.7 Å². The summed E-state index contributed by atoms with van der Waals surface area (Å²) in [5.74, 6) is 0. The summed E-state index contributed by atoms with van der Waals surface area (Å²) in [4.78, 5) is 13.8. The van der Waals surface area contributed by atoms with Gasteiger partial charge < -0.3 is 0 Å². The molecule has 8 aromatic rings. The third-order valence-corrected chi connectivity index (χ3v) is 9.45. The van der Waals surface area contributed by atoms with Crippen LogP contribution in [-0.2, 0) is 0 Å². The average Bonchev–Trinajstić information content (AvgIpc) is 3.51. The highest BCUT2D eigenvalue weighted by Crippen LogP contribution is 2.58. The van der Waals surface area contributed by atoms with Gasteiger partial charge in [-0.05, 0) is 90.3 Å². The topological polar surface area (TPSA) is 62.5 Å². The maximum atomic E-state index is 8.22. The summed E-state index contributed by atoms with van der Waals surface area (Å²) in [5.41, 5.74) is 13.6. The lowest BCUT2D eigenvalue weighted by Crippen LogP contribution is -1.96. The van der Waals surface area contributed by atoms with Crippen LogP contribution in [0.2, 0.25) is 0 Å². The van der Waals surface area contributed by atoms with E-state index in [1.54, 1.807) is 18.5 Å². The molecule has 0 radical (unpaired) electrons. The van der Waals surface area contributed by atoms with Gasteiger partial charge in [-0.25, -0.2) is 0 Å². The molecule has 0 fully saturated rings. The Balaban J connectivity index is 1.17. The monoisotopic (exact) mass is 638 g/mol. The van der Waals surface area contributed by atoms with E-state index in [9.17, 15) is 0 Å². The minimum absolute atomic E-state index is 0.353. The summed E-state index contributed by atoms with van der Waals surface area (Å²) in [6.07, 6.45) is 12.7. The maximum absolute atomic E-state index is 8.22. The first-order chi connectivity index (χ1) is 24.8. The lowest BCUT2D eigenvalue weighted by molar-refractivity contribution is 1.19. The summed E-state index contributed by atoms with van der Waals surface area (Å²) in [6, 6.07) is 47.1. The fourth-order valence-corrected chi connectivity index (χ4v) is 7.31. The SMILES string of the molecule is N=C(/C=C\C=C\c1cnc(-c2ccc3c4c(cccc24)-c2c-3c(-c3ccccc3)c3ccccc3c2-c2ccccc2)cn1)c1ccccn1. The number of benzene rings is 6. The summed E-state index contributed by atoms with van der Waals surface area (Å²) in [6.45, 7) is 0. The third-order valence-electron chi connectivity index (χ3n) is 9.45. The first-order valence-electron chi connectivity index (χ1n) is 16.7. The Kier molecular flexibility index (Phi) is 7.25. The average molecular weight is 639 g/mol. The maximum Gasteiger partial charge on any atom is 0.0891 e. The number of rotatable bonds is 7. The van der Waals surface area contributed by atoms with Crippen LogP contribution in [0.25, 0.3) is 83.4 Å². The van der Waals surface area contributed by atoms with E-state index in [-0.39, 0.29) is 0 Å². The molecule has 4 heteroatoms. The first kappa shape index (κ1) is 29.4. The second kappa shape index (κ2) is 12.3. The van der Waals surface area contributed by atoms with Crippen LogP contribution in [0.4, 0.5) is 0 Å². The zero-order chi connectivity index (χ0) is 33.4. The molecular weight excluding hydrogens is 609 g/mol. The molecule has 0 amide bonds. The van der Waals surface area contributed by atoms with Crippen molar-refractivity contribution in [1.82, 2.24) is 15.0 Å². The lowest BCUT2D eigenvalue weighted by Gasteiger charge is -2.20. The Morgan fingerprint density at radius 1 is 0.480 bits per heavy atom. The molecule has 9 rings (SSSR count). The predicted octanol–water partition coefficient (Wildman–Crippen LogP) is 11.5. The Morgan fingerprint density at radius 3 is 1.74 bits per heavy atom. The number of fused-ring (bicyclic) bond motifs is 4. The van der Waals surface area contributed by atoms with Crippen LogP contribution in [0, 0.1) is 5.41 Å². The molecule has 0 saturated heterocycles. The summed E-state index contributed by atoms with van der Waals surface area (Å²) < 4.78 is 0. The first-order valence-corrected chi connectivity index (χ1v) is 16.7. The van der Waals surface area contributed by atoms with E-state index in [0.29, 0.717) is 11.4 Å². The molecule has 1 aliphatic rings. The van der Waals surface area contributed by atoms with Gasteiger partial charge in [0.25, 0.3) is 0 Å². The zero-order valence-corrected chi connectivity index (χ0v) is 27.1. The van der Waals surface area contributed by atoms with Gasteiger partial charge in [0.2, 0.25) is 0 Å². The molecular formula is C46H30N4. The van der Waals surface area contributed by atoms with Crippen LogP contribution in [0.15, 0.2) is 170 Å². The van der Waals surface area contributed by atoms with Crippen molar-refractivity contribution in [3.8, 4) is 55.8 Å². The van der Waals surface area contributed by atoms with Crippen molar-refractivity contribution in [2.45, 2.75) is 0 Å². The van der Waals surface area contributed by atoms with Crippen molar-refractivity contribution >= 4 is 33.3 Å². The van der Waals surface area contributed by atoms with E-state index in [2.05, 4.69) is 120 Å². The quantitative estimate of drug-likeness (QED) is 0.140. The fourth-order valence-electron chi connectivity index (χ4n) is 7.31. The summed E-state index contributed by atoms with van der Waals surface area (Å²) >= 11 is 0. The van der Waals surface area contributed by atoms with Crippen LogP contribution in [0.5, 0.6) is 0 Å². The smallest absolute Gasteiger partial charge is 0.0891 e. The van der Waals surface area contributed by atoms with Gasteiger partial charge in [0.05, 0.1) is 35.2 Å². The van der Waals surface area contributed by atoms with E-state index >= 15 is 0 Å². The molecule has 50 heavy (non-hydrogen) atoms. The van der Waals surface area contributed by atoms with Gasteiger partial charge in [-0.2, -0.15) is 0 Å². The molecule has 234 valence electrons. The number of allylic oxidation sites excluding steroid dienone is 3. The van der Waals surface area contributed by atoms with Crippen LogP contribution >= 0.6 is 0 Å². The van der Waals surface area contributed by atoms with Gasteiger partial charge in [-0.1, -0.05) is 133 Å². The predicted molar refractivity (Wildman–Crippen MR) is 207 cm³/mol. The zero-order valence-electron chi connectivity index (χ0n) is 27.1. The second-order valence-corrected chi connectivity index (χ2v) is 12.3. The van der Waals surface area contributed by atoms with E-state index in [1.165, 1.54) is 60.7 Å². The Labute approximate surface area is 290 Å². The van der Waals surface area contributed by atoms with Crippen molar-refractivity contribution in [2.24, 2.45) is 0 Å². The Morgan fingerprint density at radius 2 is 1.10 bits per heavy atom. The number of hydrogen-bond donors (Lipinski definition) is 1. The number of hydrogen-bond acceptors (Lipinski definition) is 4. The lowest BCUT2D eigenvalue weighted by atomic mass is 9.82. The van der Waals surface area contributed by atoms with Crippen LogP contribution in [0.1, 0.15) is 11.4 Å². The third kappa shape index (κ3) is 4.94. The van der Waals surface area contributed by atoms with E-state index < -0.39 is 0 Å². The highest BCUT2D eigenvalue weighted by Gasteiger charge is 2.31. The fraction of sp³-hybridized carbons (Fsp3) is 0. The Bertz CT molecular complexity index is 2530. The molecule has 6 aromatic carbocycles.